The molecule has 3 atom stereocenters. The molecule has 1 aromatic carbocycles. The highest BCUT2D eigenvalue weighted by molar-refractivity contribution is 8.00. The Kier molecular flexibility index (Phi) is 7.38. The first kappa shape index (κ1) is 27.7. The molecule has 17 heteroatoms. The number of thiocarbonyl (C=S) groups is 1. The van der Waals surface area contributed by atoms with Gasteiger partial charge in [-0.1, -0.05) is 24.4 Å². The van der Waals surface area contributed by atoms with E-state index in [9.17, 15) is 34.2 Å². The van der Waals surface area contributed by atoms with E-state index in [-0.39, 0.29) is 44.6 Å². The van der Waals surface area contributed by atoms with E-state index in [1.54, 1.807) is 7.05 Å². The molecule has 0 radical (unpaired) electrons. The van der Waals surface area contributed by atoms with Crippen LogP contribution in [0.5, 0.6) is 5.75 Å². The van der Waals surface area contributed by atoms with Crippen molar-refractivity contribution in [3.05, 3.63) is 81.2 Å². The van der Waals surface area contributed by atoms with Gasteiger partial charge in [-0.25, -0.2) is 9.48 Å². The molecule has 2 aliphatic heterocycles. The highest BCUT2D eigenvalue weighted by Crippen LogP contribution is 2.41. The lowest BCUT2D eigenvalue weighted by Gasteiger charge is -2.49. The van der Waals surface area contributed by atoms with E-state index in [2.05, 4.69) is 31.1 Å². The normalized spacial score (nSPS) is 18.7. The quantitative estimate of drug-likeness (QED) is 0.123. The highest BCUT2D eigenvalue weighted by Gasteiger charge is 2.55. The molecular formula is C24H20N8O7S2. The topological polar surface area (TPSA) is 212 Å². The second-order valence-electron chi connectivity index (χ2n) is 8.90. The number of aromatic hydroxyl groups is 1. The first-order chi connectivity index (χ1) is 19.6. The number of hydrogen-bond donors (Lipinski definition) is 5. The van der Waals surface area contributed by atoms with Crippen molar-refractivity contribution < 1.29 is 29.4 Å². The van der Waals surface area contributed by atoms with Gasteiger partial charge >= 0.3 is 5.97 Å². The van der Waals surface area contributed by atoms with Crippen LogP contribution in [-0.4, -0.2) is 86.0 Å². The summed E-state index contributed by atoms with van der Waals surface area (Å²) in [4.78, 5) is 67.7. The average molecular weight is 597 g/mol. The lowest BCUT2D eigenvalue weighted by molar-refractivity contribution is -0.150. The molecule has 41 heavy (non-hydrogen) atoms. The van der Waals surface area contributed by atoms with E-state index in [1.165, 1.54) is 53.1 Å². The number of thioether (sulfide) groups is 1. The molecule has 0 bridgehead atoms. The number of carboxylic acids is 1. The summed E-state index contributed by atoms with van der Waals surface area (Å²) in [5.74, 6) is -3.54. The Morgan fingerprint density at radius 2 is 1.93 bits per heavy atom. The minimum atomic E-state index is -1.39. The van der Waals surface area contributed by atoms with E-state index in [0.717, 1.165) is 11.0 Å². The fourth-order valence-corrected chi connectivity index (χ4v) is 6.14. The Bertz CT molecular complexity index is 1680. The van der Waals surface area contributed by atoms with Gasteiger partial charge in [0, 0.05) is 36.8 Å². The molecular weight excluding hydrogens is 576 g/mol. The lowest BCUT2D eigenvalue weighted by atomic mass is 9.99. The SMILES string of the molecule is Cn1nnnc1C(=S)C1=C(C(=O)O)N2C(=O)C(NC(=O)C(NC(=O)c3c[nH]ccc3=O)c3ccc(O)cc3)[C@@H]2SC1. The molecule has 15 nitrogen and oxygen atoms in total. The summed E-state index contributed by atoms with van der Waals surface area (Å²) in [6.45, 7) is 0. The van der Waals surface area contributed by atoms with E-state index < -0.39 is 46.6 Å². The molecule has 2 unspecified atom stereocenters. The number of H-pyrrole nitrogens is 1. The molecule has 4 heterocycles. The van der Waals surface area contributed by atoms with Crippen LogP contribution in [0.25, 0.3) is 0 Å². The Labute approximate surface area is 239 Å². The zero-order chi connectivity index (χ0) is 29.4. The number of aliphatic carboxylic acids is 1. The van der Waals surface area contributed by atoms with Crippen LogP contribution in [0.1, 0.15) is 27.8 Å². The number of benzene rings is 1. The summed E-state index contributed by atoms with van der Waals surface area (Å²) in [5, 5.41) is 35.0. The number of aromatic amines is 1. The number of carbonyl (C=O) groups excluding carboxylic acids is 3. The fourth-order valence-electron chi connectivity index (χ4n) is 4.36. The fraction of sp³-hybridized carbons (Fsp3) is 0.208. The number of phenolic OH excluding ortho intramolecular Hbond substituents is 1. The summed E-state index contributed by atoms with van der Waals surface area (Å²) in [6.07, 6.45) is 2.54. The van der Waals surface area contributed by atoms with Crippen molar-refractivity contribution in [3.63, 3.8) is 0 Å². The van der Waals surface area contributed by atoms with Crippen molar-refractivity contribution in [1.29, 1.82) is 0 Å². The maximum atomic E-state index is 13.5. The number of hydrogen-bond acceptors (Lipinski definition) is 11. The molecule has 210 valence electrons. The van der Waals surface area contributed by atoms with Gasteiger partial charge in [-0.3, -0.25) is 24.1 Å². The van der Waals surface area contributed by atoms with Crippen LogP contribution in [0, 0.1) is 0 Å². The van der Waals surface area contributed by atoms with E-state index in [0.29, 0.717) is 0 Å². The van der Waals surface area contributed by atoms with Gasteiger partial charge in [0.15, 0.2) is 11.3 Å². The highest BCUT2D eigenvalue weighted by atomic mass is 32.2. The number of tetrazole rings is 1. The number of carbonyl (C=O) groups is 4. The monoisotopic (exact) mass is 596 g/mol. The summed E-state index contributed by atoms with van der Waals surface area (Å²) < 4.78 is 1.29. The minimum Gasteiger partial charge on any atom is -0.508 e. The smallest absolute Gasteiger partial charge is 0.353 e. The standard InChI is InChI=1S/C24H20N8O7S2/c1-31-19(28-29-30-31)18(40)13-9-41-23-16(22(37)32(23)17(13)24(38)39)27-21(36)15(10-2-4-11(33)5-3-10)26-20(35)12-8-25-7-6-14(12)34/h2-8,15-16,23,33H,9H2,1H3,(H,25,34)(H,26,35)(H,27,36)(H,38,39)/t15?,16?,23-/m0/s1. The van der Waals surface area contributed by atoms with Gasteiger partial charge < -0.3 is 25.8 Å². The van der Waals surface area contributed by atoms with Gasteiger partial charge in [0.05, 0.1) is 4.86 Å². The molecule has 0 aliphatic carbocycles. The number of fused-ring (bicyclic) bond motifs is 1. The third kappa shape index (κ3) is 5.07. The number of β-lactam (4-membered cyclic amide) rings is 1. The summed E-state index contributed by atoms with van der Waals surface area (Å²) in [7, 11) is 1.54. The first-order valence-corrected chi connectivity index (χ1v) is 13.3. The van der Waals surface area contributed by atoms with Crippen LogP contribution in [0.3, 0.4) is 0 Å². The van der Waals surface area contributed by atoms with Crippen molar-refractivity contribution in [3.8, 4) is 5.75 Å². The van der Waals surface area contributed by atoms with Crippen molar-refractivity contribution in [2.45, 2.75) is 17.5 Å². The number of phenols is 1. The summed E-state index contributed by atoms with van der Waals surface area (Å²) >= 11 is 6.62. The van der Waals surface area contributed by atoms with Gasteiger partial charge in [0.25, 0.3) is 11.8 Å². The number of nitrogens with zero attached hydrogens (tertiary/aromatic N) is 5. The number of carboxylic acid groups (broad SMARTS) is 1. The zero-order valence-electron chi connectivity index (χ0n) is 21.0. The molecule has 2 aromatic heterocycles. The molecule has 2 aliphatic rings. The molecule has 0 spiro atoms. The Morgan fingerprint density at radius 3 is 2.56 bits per heavy atom. The summed E-state index contributed by atoms with van der Waals surface area (Å²) in [6, 6.07) is 4.10. The average Bonchev–Trinajstić information content (AvgIpc) is 3.39. The number of amides is 3. The first-order valence-electron chi connectivity index (χ1n) is 11.8. The molecule has 3 aromatic rings. The number of aromatic nitrogens is 5. The maximum Gasteiger partial charge on any atom is 0.353 e. The zero-order valence-corrected chi connectivity index (χ0v) is 22.6. The van der Waals surface area contributed by atoms with E-state index >= 15 is 0 Å². The second-order valence-corrected chi connectivity index (χ2v) is 10.4. The van der Waals surface area contributed by atoms with Crippen LogP contribution in [0.2, 0.25) is 0 Å². The largest absolute Gasteiger partial charge is 0.508 e. The number of nitrogens with one attached hydrogen (secondary N) is 3. The van der Waals surface area contributed by atoms with Crippen molar-refractivity contribution in [1.82, 2.24) is 40.7 Å². The van der Waals surface area contributed by atoms with Gasteiger partial charge in [-0.2, -0.15) is 0 Å². The predicted octanol–water partition coefficient (Wildman–Crippen LogP) is -0.768. The molecule has 3 amide bonds. The third-order valence-electron chi connectivity index (χ3n) is 6.40. The molecule has 1 saturated heterocycles. The van der Waals surface area contributed by atoms with Gasteiger partial charge in [0.2, 0.25) is 5.91 Å². The van der Waals surface area contributed by atoms with Crippen LogP contribution in [-0.2, 0) is 21.4 Å². The van der Waals surface area contributed by atoms with E-state index in [4.69, 9.17) is 12.2 Å². The molecule has 0 saturated carbocycles. The lowest BCUT2D eigenvalue weighted by Crippen LogP contribution is -2.71. The third-order valence-corrected chi connectivity index (χ3v) is 8.11. The van der Waals surface area contributed by atoms with Crippen molar-refractivity contribution in [2.75, 3.05) is 5.75 Å². The van der Waals surface area contributed by atoms with E-state index in [1.807, 2.05) is 0 Å². The number of rotatable bonds is 8. The Balaban J connectivity index is 1.39. The van der Waals surface area contributed by atoms with Gasteiger partial charge in [-0.15, -0.1) is 16.9 Å². The van der Waals surface area contributed by atoms with Crippen LogP contribution in [0.4, 0.5) is 0 Å². The number of aryl methyl sites for hydroxylation is 1. The Hall–Kier alpha value is -4.90. The molecule has 1 fully saturated rings. The predicted molar refractivity (Wildman–Crippen MR) is 146 cm³/mol. The second kappa shape index (κ2) is 10.9. The minimum absolute atomic E-state index is 0.0761. The summed E-state index contributed by atoms with van der Waals surface area (Å²) in [5.41, 5.74) is -0.697. The van der Waals surface area contributed by atoms with Crippen LogP contribution >= 0.6 is 24.0 Å². The van der Waals surface area contributed by atoms with Crippen molar-refractivity contribution >= 4 is 52.5 Å². The Morgan fingerprint density at radius 1 is 1.20 bits per heavy atom. The molecule has 5 rings (SSSR count). The maximum absolute atomic E-state index is 13.5. The van der Waals surface area contributed by atoms with Crippen LogP contribution in [0.15, 0.2) is 58.8 Å². The molecule has 5 N–H and O–H groups in total. The van der Waals surface area contributed by atoms with Gasteiger partial charge in [0.1, 0.15) is 34.5 Å². The number of pyridine rings is 1. The van der Waals surface area contributed by atoms with Crippen LogP contribution < -0.4 is 16.1 Å². The van der Waals surface area contributed by atoms with Crippen molar-refractivity contribution in [2.24, 2.45) is 7.05 Å². The van der Waals surface area contributed by atoms with Gasteiger partial charge in [-0.05, 0) is 28.1 Å².